The molecule has 0 atom stereocenters. The van der Waals surface area contributed by atoms with Gasteiger partial charge < -0.3 is 10.5 Å². The fourth-order valence-electron chi connectivity index (χ4n) is 2.30. The Bertz CT molecular complexity index is 756. The first-order valence-electron chi connectivity index (χ1n) is 6.50. The molecular formula is C16H14ClFN2O. The molecule has 0 amide bonds. The van der Waals surface area contributed by atoms with Gasteiger partial charge in [-0.1, -0.05) is 17.7 Å². The van der Waals surface area contributed by atoms with Gasteiger partial charge in [0.15, 0.2) is 5.72 Å². The number of nitrogens with two attached hydrogens (primary N) is 1. The lowest BCUT2D eigenvalue weighted by Crippen LogP contribution is -2.32. The van der Waals surface area contributed by atoms with Crippen molar-refractivity contribution in [2.75, 3.05) is 5.73 Å². The van der Waals surface area contributed by atoms with E-state index < -0.39 is 11.5 Å². The van der Waals surface area contributed by atoms with E-state index in [4.69, 9.17) is 22.1 Å². The molecular weight excluding hydrogens is 291 g/mol. The molecule has 1 heterocycles. The van der Waals surface area contributed by atoms with Crippen LogP contribution in [0.15, 0.2) is 41.4 Å². The lowest BCUT2D eigenvalue weighted by Gasteiger charge is -2.30. The summed E-state index contributed by atoms with van der Waals surface area (Å²) in [6.45, 7) is 3.68. The van der Waals surface area contributed by atoms with Crippen molar-refractivity contribution in [2.45, 2.75) is 19.6 Å². The lowest BCUT2D eigenvalue weighted by atomic mass is 9.98. The second kappa shape index (κ2) is 4.74. The van der Waals surface area contributed by atoms with Gasteiger partial charge in [0, 0.05) is 22.9 Å². The summed E-state index contributed by atoms with van der Waals surface area (Å²) in [7, 11) is 0. The van der Waals surface area contributed by atoms with Crippen LogP contribution in [0.3, 0.4) is 0 Å². The van der Waals surface area contributed by atoms with E-state index in [9.17, 15) is 4.39 Å². The number of aliphatic imine (C=N–C) groups is 1. The monoisotopic (exact) mass is 304 g/mol. The van der Waals surface area contributed by atoms with Gasteiger partial charge in [-0.05, 0) is 38.1 Å². The Morgan fingerprint density at radius 1 is 1.19 bits per heavy atom. The van der Waals surface area contributed by atoms with Crippen molar-refractivity contribution in [3.8, 4) is 5.75 Å². The third-order valence-electron chi connectivity index (χ3n) is 3.19. The molecule has 5 heteroatoms. The predicted octanol–water partition coefficient (Wildman–Crippen LogP) is 4.03. The highest BCUT2D eigenvalue weighted by molar-refractivity contribution is 6.31. The van der Waals surface area contributed by atoms with Crippen LogP contribution in [0.2, 0.25) is 5.02 Å². The molecule has 2 aromatic carbocycles. The fourth-order valence-corrected chi connectivity index (χ4v) is 2.42. The van der Waals surface area contributed by atoms with E-state index in [1.54, 1.807) is 18.2 Å². The minimum atomic E-state index is -0.744. The third-order valence-corrected chi connectivity index (χ3v) is 3.50. The zero-order valence-corrected chi connectivity index (χ0v) is 12.4. The van der Waals surface area contributed by atoms with Crippen LogP contribution < -0.4 is 10.5 Å². The van der Waals surface area contributed by atoms with Crippen LogP contribution in [0.5, 0.6) is 5.75 Å². The van der Waals surface area contributed by atoms with E-state index in [0.717, 1.165) is 5.56 Å². The Morgan fingerprint density at radius 2 is 1.95 bits per heavy atom. The van der Waals surface area contributed by atoms with Crippen molar-refractivity contribution in [1.82, 2.24) is 0 Å². The molecule has 1 aliphatic heterocycles. The first kappa shape index (κ1) is 13.9. The lowest BCUT2D eigenvalue weighted by molar-refractivity contribution is 0.115. The number of nitrogens with zero attached hydrogens (tertiary/aromatic N) is 1. The van der Waals surface area contributed by atoms with Gasteiger partial charge in [-0.3, -0.25) is 0 Å². The van der Waals surface area contributed by atoms with E-state index in [2.05, 4.69) is 4.99 Å². The molecule has 0 bridgehead atoms. The summed E-state index contributed by atoms with van der Waals surface area (Å²) in [5.41, 5.74) is 7.76. The maximum absolute atomic E-state index is 13.7. The number of anilines is 1. The second-order valence-electron chi connectivity index (χ2n) is 5.39. The summed E-state index contributed by atoms with van der Waals surface area (Å²) >= 11 is 5.74. The number of benzene rings is 2. The zero-order chi connectivity index (χ0) is 15.2. The van der Waals surface area contributed by atoms with Crippen LogP contribution >= 0.6 is 11.6 Å². The number of ether oxygens (including phenoxy) is 1. The summed E-state index contributed by atoms with van der Waals surface area (Å²) in [6, 6.07) is 9.98. The van der Waals surface area contributed by atoms with E-state index in [-0.39, 0.29) is 5.02 Å². The van der Waals surface area contributed by atoms with Crippen LogP contribution in [0.1, 0.15) is 25.0 Å². The molecule has 1 aliphatic rings. The molecule has 0 unspecified atom stereocenters. The summed E-state index contributed by atoms with van der Waals surface area (Å²) in [5, 5.41) is 0.0863. The molecule has 0 saturated carbocycles. The van der Waals surface area contributed by atoms with E-state index >= 15 is 0 Å². The predicted molar refractivity (Wildman–Crippen MR) is 82.6 cm³/mol. The maximum atomic E-state index is 13.7. The van der Waals surface area contributed by atoms with Crippen LogP contribution in [0.25, 0.3) is 0 Å². The zero-order valence-electron chi connectivity index (χ0n) is 11.7. The number of hydrogen-bond acceptors (Lipinski definition) is 3. The van der Waals surface area contributed by atoms with Crippen molar-refractivity contribution >= 4 is 23.0 Å². The molecule has 0 aromatic heterocycles. The Hall–Kier alpha value is -2.07. The van der Waals surface area contributed by atoms with Gasteiger partial charge in [-0.2, -0.15) is 0 Å². The minimum Gasteiger partial charge on any atom is -0.466 e. The number of halogens is 2. The summed E-state index contributed by atoms with van der Waals surface area (Å²) < 4.78 is 19.5. The fraction of sp³-hybridized carbons (Fsp3) is 0.188. The van der Waals surface area contributed by atoms with Gasteiger partial charge in [0.2, 0.25) is 0 Å². The number of nitrogen functional groups attached to an aromatic ring is 1. The average Bonchev–Trinajstić information content (AvgIpc) is 2.39. The minimum absolute atomic E-state index is 0.0863. The van der Waals surface area contributed by atoms with E-state index in [1.165, 1.54) is 12.1 Å². The van der Waals surface area contributed by atoms with Crippen molar-refractivity contribution in [2.24, 2.45) is 4.99 Å². The molecule has 0 saturated heterocycles. The van der Waals surface area contributed by atoms with Crippen LogP contribution in [-0.2, 0) is 0 Å². The SMILES string of the molecule is CC1(C)N=C(c2ccc(Cl)c(F)c2)c2ccc(N)cc2O1. The van der Waals surface area contributed by atoms with Gasteiger partial charge in [-0.15, -0.1) is 0 Å². The molecule has 2 N–H and O–H groups in total. The smallest absolute Gasteiger partial charge is 0.195 e. The van der Waals surface area contributed by atoms with Gasteiger partial charge in [0.05, 0.1) is 10.7 Å². The van der Waals surface area contributed by atoms with Gasteiger partial charge in [-0.25, -0.2) is 9.38 Å². The Morgan fingerprint density at radius 3 is 2.67 bits per heavy atom. The standard InChI is InChI=1S/C16H14ClFN2O/c1-16(2)20-15(9-3-6-12(17)13(18)7-9)11-5-4-10(19)8-14(11)21-16/h3-8H,19H2,1-2H3. The Labute approximate surface area is 127 Å². The van der Waals surface area contributed by atoms with Gasteiger partial charge in [0.1, 0.15) is 11.6 Å². The van der Waals surface area contributed by atoms with Crippen molar-refractivity contribution in [3.63, 3.8) is 0 Å². The Kier molecular flexibility index (Phi) is 3.14. The topological polar surface area (TPSA) is 47.6 Å². The largest absolute Gasteiger partial charge is 0.466 e. The van der Waals surface area contributed by atoms with Crippen molar-refractivity contribution < 1.29 is 9.13 Å². The molecule has 0 spiro atoms. The number of fused-ring (bicyclic) bond motifs is 1. The molecule has 3 rings (SSSR count). The molecule has 0 radical (unpaired) electrons. The van der Waals surface area contributed by atoms with Gasteiger partial charge >= 0.3 is 0 Å². The number of hydrogen-bond donors (Lipinski definition) is 1. The molecule has 21 heavy (non-hydrogen) atoms. The first-order chi connectivity index (χ1) is 9.85. The third kappa shape index (κ3) is 2.59. The maximum Gasteiger partial charge on any atom is 0.195 e. The molecule has 2 aromatic rings. The van der Waals surface area contributed by atoms with Crippen LogP contribution in [-0.4, -0.2) is 11.4 Å². The first-order valence-corrected chi connectivity index (χ1v) is 6.88. The van der Waals surface area contributed by atoms with Crippen molar-refractivity contribution in [3.05, 3.63) is 58.4 Å². The van der Waals surface area contributed by atoms with Crippen LogP contribution in [0, 0.1) is 5.82 Å². The van der Waals surface area contributed by atoms with Crippen LogP contribution in [0.4, 0.5) is 10.1 Å². The quantitative estimate of drug-likeness (QED) is 0.809. The molecule has 0 fully saturated rings. The number of rotatable bonds is 1. The highest BCUT2D eigenvalue weighted by atomic mass is 35.5. The summed E-state index contributed by atoms with van der Waals surface area (Å²) in [5.74, 6) is 0.165. The molecule has 0 aliphatic carbocycles. The highest BCUT2D eigenvalue weighted by Gasteiger charge is 2.29. The van der Waals surface area contributed by atoms with Gasteiger partial charge in [0.25, 0.3) is 0 Å². The molecule has 3 nitrogen and oxygen atoms in total. The summed E-state index contributed by atoms with van der Waals surface area (Å²) in [6.07, 6.45) is 0. The van der Waals surface area contributed by atoms with E-state index in [0.29, 0.717) is 22.7 Å². The molecule has 108 valence electrons. The van der Waals surface area contributed by atoms with Crippen molar-refractivity contribution in [1.29, 1.82) is 0 Å². The average molecular weight is 305 g/mol. The van der Waals surface area contributed by atoms with E-state index in [1.807, 2.05) is 19.9 Å². The normalized spacial score (nSPS) is 15.9. The summed E-state index contributed by atoms with van der Waals surface area (Å²) in [4.78, 5) is 4.57. The highest BCUT2D eigenvalue weighted by Crippen LogP contribution is 2.34. The Balaban J connectivity index is 2.20. The second-order valence-corrected chi connectivity index (χ2v) is 5.80.